The maximum Gasteiger partial charge on any atom is 0.0564 e. The molecule has 1 nitrogen and oxygen atoms in total. The lowest BCUT2D eigenvalue weighted by Crippen LogP contribution is -2.20. The van der Waals surface area contributed by atoms with Crippen LogP contribution in [0.5, 0.6) is 0 Å². The van der Waals surface area contributed by atoms with Crippen LogP contribution in [0.25, 0.3) is 0 Å². The van der Waals surface area contributed by atoms with Gasteiger partial charge in [-0.1, -0.05) is 24.3 Å². The highest BCUT2D eigenvalue weighted by Gasteiger charge is 2.43. The van der Waals surface area contributed by atoms with Crippen molar-refractivity contribution < 1.29 is 4.74 Å². The maximum atomic E-state index is 5.59. The van der Waals surface area contributed by atoms with Crippen LogP contribution in [0, 0.1) is 5.41 Å². The predicted octanol–water partition coefficient (Wildman–Crippen LogP) is 3.64. The smallest absolute Gasteiger partial charge is 0.0564 e. The summed E-state index contributed by atoms with van der Waals surface area (Å²) in [7, 11) is 0. The number of hydrogen-bond acceptors (Lipinski definition) is 1. The maximum absolute atomic E-state index is 5.59. The molecule has 1 spiro atoms. The molecular formula is C14H20O. The second-order valence-electron chi connectivity index (χ2n) is 5.00. The minimum Gasteiger partial charge on any atom is -0.380 e. The highest BCUT2D eigenvalue weighted by Crippen LogP contribution is 2.52. The number of allylic oxidation sites excluding steroid dienone is 3. The zero-order valence-electron chi connectivity index (χ0n) is 9.86. The molecule has 0 radical (unpaired) electrons. The zero-order valence-corrected chi connectivity index (χ0v) is 9.86. The molecule has 0 aromatic rings. The lowest BCUT2D eigenvalue weighted by atomic mass is 9.77. The van der Waals surface area contributed by atoms with Crippen LogP contribution in [0.15, 0.2) is 35.5 Å². The summed E-state index contributed by atoms with van der Waals surface area (Å²) in [6.07, 6.45) is 3.53. The number of hydrogen-bond donors (Lipinski definition) is 0. The Morgan fingerprint density at radius 3 is 2.40 bits per heavy atom. The lowest BCUT2D eigenvalue weighted by molar-refractivity contribution is 0.166. The Morgan fingerprint density at radius 1 is 1.20 bits per heavy atom. The van der Waals surface area contributed by atoms with Gasteiger partial charge in [-0.25, -0.2) is 0 Å². The molecule has 1 aliphatic heterocycles. The largest absolute Gasteiger partial charge is 0.380 e. The van der Waals surface area contributed by atoms with Gasteiger partial charge in [0.25, 0.3) is 0 Å². The molecule has 0 bridgehead atoms. The van der Waals surface area contributed by atoms with Crippen molar-refractivity contribution in [3.05, 3.63) is 35.5 Å². The first kappa shape index (κ1) is 10.7. The average Bonchev–Trinajstić information content (AvgIpc) is 2.74. The van der Waals surface area contributed by atoms with E-state index in [0.717, 1.165) is 26.1 Å². The Kier molecular flexibility index (Phi) is 2.59. The molecule has 82 valence electrons. The van der Waals surface area contributed by atoms with Crippen molar-refractivity contribution in [3.8, 4) is 0 Å². The van der Waals surface area contributed by atoms with E-state index in [9.17, 15) is 0 Å². The van der Waals surface area contributed by atoms with E-state index in [4.69, 9.17) is 4.74 Å². The third-order valence-corrected chi connectivity index (χ3v) is 3.73. The van der Waals surface area contributed by atoms with Crippen LogP contribution in [-0.2, 0) is 4.74 Å². The van der Waals surface area contributed by atoms with E-state index in [1.165, 1.54) is 28.7 Å². The van der Waals surface area contributed by atoms with Crippen molar-refractivity contribution in [2.24, 2.45) is 5.41 Å². The molecule has 0 saturated carbocycles. The van der Waals surface area contributed by atoms with Crippen LogP contribution in [0.4, 0.5) is 0 Å². The minimum atomic E-state index is 0.278. The minimum absolute atomic E-state index is 0.278. The highest BCUT2D eigenvalue weighted by atomic mass is 16.5. The summed E-state index contributed by atoms with van der Waals surface area (Å²) in [5.41, 5.74) is 5.58. The number of ether oxygens (including phenoxy) is 1. The molecule has 0 N–H and O–H groups in total. The van der Waals surface area contributed by atoms with Gasteiger partial charge in [-0.15, -0.1) is 0 Å². The van der Waals surface area contributed by atoms with Gasteiger partial charge >= 0.3 is 0 Å². The van der Waals surface area contributed by atoms with Crippen LogP contribution in [0.3, 0.4) is 0 Å². The van der Waals surface area contributed by atoms with E-state index in [1.54, 1.807) is 0 Å². The second kappa shape index (κ2) is 3.64. The Hall–Kier alpha value is -0.820. The van der Waals surface area contributed by atoms with Gasteiger partial charge < -0.3 is 4.74 Å². The van der Waals surface area contributed by atoms with Gasteiger partial charge in [-0.3, -0.25) is 0 Å². The van der Waals surface area contributed by atoms with E-state index in [1.807, 2.05) is 0 Å². The van der Waals surface area contributed by atoms with Gasteiger partial charge in [0.15, 0.2) is 0 Å². The van der Waals surface area contributed by atoms with Crippen molar-refractivity contribution in [1.82, 2.24) is 0 Å². The summed E-state index contributed by atoms with van der Waals surface area (Å²) < 4.78 is 5.59. The van der Waals surface area contributed by atoms with Crippen LogP contribution in [-0.4, -0.2) is 13.2 Å². The van der Waals surface area contributed by atoms with Gasteiger partial charge in [0, 0.05) is 12.0 Å². The SMILES string of the molecule is C=C(C)C1=C(C(=C)C)C2(CCOC2)CC1. The van der Waals surface area contributed by atoms with Gasteiger partial charge in [-0.2, -0.15) is 0 Å². The topological polar surface area (TPSA) is 9.23 Å². The van der Waals surface area contributed by atoms with Crippen molar-refractivity contribution in [3.63, 3.8) is 0 Å². The van der Waals surface area contributed by atoms with Gasteiger partial charge in [0.2, 0.25) is 0 Å². The first-order chi connectivity index (χ1) is 7.07. The van der Waals surface area contributed by atoms with Crippen molar-refractivity contribution in [2.75, 3.05) is 13.2 Å². The molecule has 1 saturated heterocycles. The second-order valence-corrected chi connectivity index (χ2v) is 5.00. The predicted molar refractivity (Wildman–Crippen MR) is 63.8 cm³/mol. The lowest BCUT2D eigenvalue weighted by Gasteiger charge is -2.26. The summed E-state index contributed by atoms with van der Waals surface area (Å²) in [6, 6.07) is 0. The first-order valence-electron chi connectivity index (χ1n) is 5.70. The highest BCUT2D eigenvalue weighted by molar-refractivity contribution is 5.49. The molecule has 15 heavy (non-hydrogen) atoms. The molecule has 2 aliphatic rings. The van der Waals surface area contributed by atoms with E-state index in [0.29, 0.717) is 0 Å². The Bertz CT molecular complexity index is 340. The standard InChI is InChI=1S/C14H20O/c1-10(2)12-5-6-14(7-8-15-9-14)13(12)11(3)4/h1,3,5-9H2,2,4H3. The van der Waals surface area contributed by atoms with E-state index in [-0.39, 0.29) is 5.41 Å². The summed E-state index contributed by atoms with van der Waals surface area (Å²) in [5.74, 6) is 0. The molecule has 1 heterocycles. The molecule has 1 heteroatoms. The molecule has 1 fully saturated rings. The summed E-state index contributed by atoms with van der Waals surface area (Å²) in [4.78, 5) is 0. The fourth-order valence-corrected chi connectivity index (χ4v) is 3.07. The van der Waals surface area contributed by atoms with E-state index < -0.39 is 0 Å². The van der Waals surface area contributed by atoms with Gasteiger partial charge in [-0.05, 0) is 44.3 Å². The Morgan fingerprint density at radius 2 is 1.93 bits per heavy atom. The van der Waals surface area contributed by atoms with Crippen LogP contribution in [0.2, 0.25) is 0 Å². The summed E-state index contributed by atoms with van der Waals surface area (Å²) in [6.45, 7) is 14.2. The van der Waals surface area contributed by atoms with Crippen molar-refractivity contribution in [2.45, 2.75) is 33.1 Å². The molecule has 1 unspecified atom stereocenters. The molecule has 1 aliphatic carbocycles. The number of rotatable bonds is 2. The Labute approximate surface area is 92.5 Å². The summed E-state index contributed by atoms with van der Waals surface area (Å²) in [5, 5.41) is 0. The molecular weight excluding hydrogens is 184 g/mol. The quantitative estimate of drug-likeness (QED) is 0.667. The molecule has 0 amide bonds. The van der Waals surface area contributed by atoms with Crippen LogP contribution < -0.4 is 0 Å². The van der Waals surface area contributed by atoms with Gasteiger partial charge in [0.05, 0.1) is 6.61 Å². The molecule has 0 aromatic heterocycles. The monoisotopic (exact) mass is 204 g/mol. The van der Waals surface area contributed by atoms with E-state index in [2.05, 4.69) is 27.0 Å². The third kappa shape index (κ3) is 1.59. The van der Waals surface area contributed by atoms with Crippen molar-refractivity contribution >= 4 is 0 Å². The fourth-order valence-electron chi connectivity index (χ4n) is 3.07. The van der Waals surface area contributed by atoms with Crippen molar-refractivity contribution in [1.29, 1.82) is 0 Å². The van der Waals surface area contributed by atoms with E-state index >= 15 is 0 Å². The summed E-state index contributed by atoms with van der Waals surface area (Å²) >= 11 is 0. The fraction of sp³-hybridized carbons (Fsp3) is 0.571. The van der Waals surface area contributed by atoms with Crippen LogP contribution in [0.1, 0.15) is 33.1 Å². The molecule has 1 atom stereocenters. The van der Waals surface area contributed by atoms with Gasteiger partial charge in [0.1, 0.15) is 0 Å². The van der Waals surface area contributed by atoms with Crippen LogP contribution >= 0.6 is 0 Å². The molecule has 0 aromatic carbocycles. The third-order valence-electron chi connectivity index (χ3n) is 3.73. The Balaban J connectivity index is 2.45. The average molecular weight is 204 g/mol. The zero-order chi connectivity index (χ0) is 11.1. The molecule has 2 rings (SSSR count). The normalized spacial score (nSPS) is 30.3. The first-order valence-corrected chi connectivity index (χ1v) is 5.70.